The number of aromatic nitrogens is 3. The van der Waals surface area contributed by atoms with E-state index in [1.165, 1.54) is 6.92 Å². The molecule has 0 radical (unpaired) electrons. The van der Waals surface area contributed by atoms with Crippen LogP contribution >= 0.6 is 0 Å². The van der Waals surface area contributed by atoms with Crippen LogP contribution in [0.25, 0.3) is 5.69 Å². The Labute approximate surface area is 93.9 Å². The molecule has 0 aromatic carbocycles. The zero-order valence-electron chi connectivity index (χ0n) is 9.34. The summed E-state index contributed by atoms with van der Waals surface area (Å²) in [4.78, 5) is 15.3. The summed E-state index contributed by atoms with van der Waals surface area (Å²) < 4.78 is 1.73. The van der Waals surface area contributed by atoms with Gasteiger partial charge >= 0.3 is 0 Å². The molecule has 0 fully saturated rings. The molecule has 0 saturated heterocycles. The van der Waals surface area contributed by atoms with E-state index in [0.29, 0.717) is 5.56 Å². The van der Waals surface area contributed by atoms with Crippen LogP contribution in [-0.2, 0) is 6.42 Å². The molecule has 0 bridgehead atoms. The minimum atomic E-state index is 0.0113. The largest absolute Gasteiger partial charge is 0.294 e. The molecule has 16 heavy (non-hydrogen) atoms. The molecule has 0 aliphatic carbocycles. The summed E-state index contributed by atoms with van der Waals surface area (Å²) in [6, 6.07) is 1.79. The summed E-state index contributed by atoms with van der Waals surface area (Å²) in [6.07, 6.45) is 7.97. The standard InChI is InChI=1S/C12H13N3O/c1-3-10-5-14-15(8-10)12-4-11(9(2)16)6-13-7-12/h4-8H,3H2,1-2H3. The van der Waals surface area contributed by atoms with Crippen LogP contribution in [0.1, 0.15) is 29.8 Å². The zero-order chi connectivity index (χ0) is 11.5. The Morgan fingerprint density at radius 1 is 1.38 bits per heavy atom. The Morgan fingerprint density at radius 2 is 2.19 bits per heavy atom. The number of Topliss-reactive ketones (excluding diaryl/α,β-unsaturated/α-hetero) is 1. The lowest BCUT2D eigenvalue weighted by Gasteiger charge is -2.01. The average Bonchev–Trinajstić information content (AvgIpc) is 2.77. The van der Waals surface area contributed by atoms with E-state index in [-0.39, 0.29) is 5.78 Å². The first kappa shape index (κ1) is 10.5. The minimum absolute atomic E-state index is 0.0113. The molecule has 0 spiro atoms. The fourth-order valence-corrected chi connectivity index (χ4v) is 1.43. The molecule has 0 aliphatic heterocycles. The van der Waals surface area contributed by atoms with Gasteiger partial charge in [-0.1, -0.05) is 6.92 Å². The van der Waals surface area contributed by atoms with E-state index in [9.17, 15) is 4.79 Å². The van der Waals surface area contributed by atoms with Gasteiger partial charge in [-0.3, -0.25) is 9.78 Å². The molecule has 0 atom stereocenters. The normalized spacial score (nSPS) is 10.4. The number of hydrogen-bond acceptors (Lipinski definition) is 3. The van der Waals surface area contributed by atoms with E-state index in [4.69, 9.17) is 0 Å². The molecule has 0 saturated carbocycles. The number of nitrogens with zero attached hydrogens (tertiary/aromatic N) is 3. The van der Waals surface area contributed by atoms with Crippen LogP contribution < -0.4 is 0 Å². The van der Waals surface area contributed by atoms with Gasteiger partial charge in [0.1, 0.15) is 0 Å². The average molecular weight is 215 g/mol. The smallest absolute Gasteiger partial charge is 0.161 e. The first-order valence-corrected chi connectivity index (χ1v) is 5.20. The molecule has 2 aromatic heterocycles. The van der Waals surface area contributed by atoms with Crippen molar-refractivity contribution in [2.75, 3.05) is 0 Å². The molecule has 2 rings (SSSR count). The SMILES string of the molecule is CCc1cnn(-c2cncc(C(C)=O)c2)c1. The van der Waals surface area contributed by atoms with Gasteiger partial charge in [0.15, 0.2) is 5.78 Å². The molecule has 2 aromatic rings. The maximum atomic E-state index is 11.2. The summed E-state index contributed by atoms with van der Waals surface area (Å²) in [6.45, 7) is 3.60. The topological polar surface area (TPSA) is 47.8 Å². The third-order valence-corrected chi connectivity index (χ3v) is 2.44. The highest BCUT2D eigenvalue weighted by atomic mass is 16.1. The Hall–Kier alpha value is -1.97. The highest BCUT2D eigenvalue weighted by Crippen LogP contribution is 2.10. The van der Waals surface area contributed by atoms with E-state index in [0.717, 1.165) is 17.7 Å². The van der Waals surface area contributed by atoms with Gasteiger partial charge in [0.2, 0.25) is 0 Å². The molecule has 82 valence electrons. The van der Waals surface area contributed by atoms with Gasteiger partial charge in [-0.05, 0) is 25.0 Å². The summed E-state index contributed by atoms with van der Waals surface area (Å²) in [5.41, 5.74) is 2.58. The van der Waals surface area contributed by atoms with Crippen molar-refractivity contribution in [2.24, 2.45) is 0 Å². The highest BCUT2D eigenvalue weighted by Gasteiger charge is 2.04. The van der Waals surface area contributed by atoms with Crippen LogP contribution in [0.3, 0.4) is 0 Å². The van der Waals surface area contributed by atoms with Crippen LogP contribution in [0.5, 0.6) is 0 Å². The number of carbonyl (C=O) groups is 1. The van der Waals surface area contributed by atoms with Gasteiger partial charge in [-0.25, -0.2) is 4.68 Å². The minimum Gasteiger partial charge on any atom is -0.294 e. The second-order valence-electron chi connectivity index (χ2n) is 3.63. The van der Waals surface area contributed by atoms with Crippen molar-refractivity contribution in [3.8, 4) is 5.69 Å². The molecule has 0 unspecified atom stereocenters. The zero-order valence-corrected chi connectivity index (χ0v) is 9.34. The lowest BCUT2D eigenvalue weighted by atomic mass is 10.2. The number of rotatable bonds is 3. The summed E-state index contributed by atoms with van der Waals surface area (Å²) >= 11 is 0. The van der Waals surface area contributed by atoms with Crippen molar-refractivity contribution in [1.82, 2.24) is 14.8 Å². The lowest BCUT2D eigenvalue weighted by molar-refractivity contribution is 0.101. The molecule has 0 aliphatic rings. The quantitative estimate of drug-likeness (QED) is 0.736. The van der Waals surface area contributed by atoms with Crippen molar-refractivity contribution >= 4 is 5.78 Å². The monoisotopic (exact) mass is 215 g/mol. The van der Waals surface area contributed by atoms with Gasteiger partial charge < -0.3 is 0 Å². The first-order valence-electron chi connectivity index (χ1n) is 5.20. The summed E-state index contributed by atoms with van der Waals surface area (Å²) in [5, 5.41) is 4.22. The fraction of sp³-hybridized carbons (Fsp3) is 0.250. The van der Waals surface area contributed by atoms with Crippen molar-refractivity contribution in [3.05, 3.63) is 42.0 Å². The van der Waals surface area contributed by atoms with E-state index >= 15 is 0 Å². The molecule has 2 heterocycles. The Kier molecular flexibility index (Phi) is 2.81. The summed E-state index contributed by atoms with van der Waals surface area (Å²) in [7, 11) is 0. The number of aryl methyl sites for hydroxylation is 1. The molecule has 0 amide bonds. The lowest BCUT2D eigenvalue weighted by Crippen LogP contribution is -1.99. The van der Waals surface area contributed by atoms with E-state index in [1.807, 2.05) is 12.4 Å². The van der Waals surface area contributed by atoms with Crippen LogP contribution in [0.2, 0.25) is 0 Å². The predicted molar refractivity (Wildman–Crippen MR) is 60.7 cm³/mol. The second-order valence-corrected chi connectivity index (χ2v) is 3.63. The molecule has 4 heteroatoms. The molecular weight excluding hydrogens is 202 g/mol. The molecule has 0 N–H and O–H groups in total. The van der Waals surface area contributed by atoms with Gasteiger partial charge in [0.05, 0.1) is 18.1 Å². The fourth-order valence-electron chi connectivity index (χ4n) is 1.43. The van der Waals surface area contributed by atoms with Crippen molar-refractivity contribution in [3.63, 3.8) is 0 Å². The number of pyridine rings is 1. The van der Waals surface area contributed by atoms with Crippen LogP contribution in [0.4, 0.5) is 0 Å². The van der Waals surface area contributed by atoms with Gasteiger partial charge in [-0.15, -0.1) is 0 Å². The highest BCUT2D eigenvalue weighted by molar-refractivity contribution is 5.94. The third-order valence-electron chi connectivity index (χ3n) is 2.44. The van der Waals surface area contributed by atoms with Crippen LogP contribution in [-0.4, -0.2) is 20.5 Å². The molecular formula is C12H13N3O. The first-order chi connectivity index (χ1) is 7.70. The van der Waals surface area contributed by atoms with Crippen molar-refractivity contribution in [1.29, 1.82) is 0 Å². The van der Waals surface area contributed by atoms with E-state index in [2.05, 4.69) is 17.0 Å². The number of ketones is 1. The van der Waals surface area contributed by atoms with Crippen molar-refractivity contribution in [2.45, 2.75) is 20.3 Å². The van der Waals surface area contributed by atoms with Crippen molar-refractivity contribution < 1.29 is 4.79 Å². The third kappa shape index (κ3) is 2.00. The van der Waals surface area contributed by atoms with Gasteiger partial charge in [-0.2, -0.15) is 5.10 Å². The number of carbonyl (C=O) groups excluding carboxylic acids is 1. The van der Waals surface area contributed by atoms with Gasteiger partial charge in [0.25, 0.3) is 0 Å². The maximum absolute atomic E-state index is 11.2. The molecule has 4 nitrogen and oxygen atoms in total. The second kappa shape index (κ2) is 4.26. The maximum Gasteiger partial charge on any atom is 0.161 e. The van der Waals surface area contributed by atoms with E-state index in [1.54, 1.807) is 23.1 Å². The predicted octanol–water partition coefficient (Wildman–Crippen LogP) is 2.03. The number of hydrogen-bond donors (Lipinski definition) is 0. The Balaban J connectivity index is 2.40. The Bertz CT molecular complexity index is 516. The van der Waals surface area contributed by atoms with Crippen LogP contribution in [0.15, 0.2) is 30.9 Å². The van der Waals surface area contributed by atoms with Crippen LogP contribution in [0, 0.1) is 0 Å². The summed E-state index contributed by atoms with van der Waals surface area (Å²) in [5.74, 6) is 0.0113. The van der Waals surface area contributed by atoms with Gasteiger partial charge in [0, 0.05) is 18.0 Å². The van der Waals surface area contributed by atoms with E-state index < -0.39 is 0 Å². The Morgan fingerprint density at radius 3 is 2.81 bits per heavy atom.